The van der Waals surface area contributed by atoms with Crippen LogP contribution in [-0.4, -0.2) is 46.0 Å². The van der Waals surface area contributed by atoms with Gasteiger partial charge in [-0.15, -0.1) is 94.1 Å². The third-order valence-corrected chi connectivity index (χ3v) is 31.3. The number of rotatable bonds is 0. The molecule has 8 aliphatic heterocycles. The van der Waals surface area contributed by atoms with Gasteiger partial charge in [0.25, 0.3) is 0 Å². The van der Waals surface area contributed by atoms with E-state index in [1.54, 1.807) is 50.8 Å². The SMILES string of the molecule is C1CCSC2=C3SCCCCCSC4=C5SCCCCCSC6=C(SCCCCCSC7=C(SCC1)SC(=C(S4)S5)S7)SC(=C(S2)S3)S6. The number of hydrogen-bond donors (Lipinski definition) is 0. The summed E-state index contributed by atoms with van der Waals surface area (Å²) in [7, 11) is 0. The smallest absolute Gasteiger partial charge is 0.0717 e. The maximum Gasteiger partial charge on any atom is 0.0717 e. The summed E-state index contributed by atoms with van der Waals surface area (Å²) in [5, 5.41) is 0. The molecule has 0 nitrogen and oxygen atoms in total. The fraction of sp³-hybridized carbons (Fsp3) is 0.625. The molecule has 0 aromatic carbocycles. The summed E-state index contributed by atoms with van der Waals surface area (Å²) in [6.45, 7) is 0. The normalized spacial score (nSPS) is 27.0. The van der Waals surface area contributed by atoms with Crippen molar-refractivity contribution in [1.29, 1.82) is 0 Å². The molecule has 264 valence electrons. The molecule has 0 saturated heterocycles. The molecule has 8 aliphatic rings. The molecule has 0 unspecified atom stereocenters. The van der Waals surface area contributed by atoms with E-state index in [2.05, 4.69) is 188 Å². The van der Waals surface area contributed by atoms with E-state index in [-0.39, 0.29) is 0 Å². The van der Waals surface area contributed by atoms with Crippen molar-refractivity contribution in [3.05, 3.63) is 50.8 Å². The monoisotopic (exact) mass is 936 g/mol. The Morgan fingerprint density at radius 3 is 0.458 bits per heavy atom. The molecule has 0 saturated carbocycles. The Balaban J connectivity index is 1.18. The summed E-state index contributed by atoms with van der Waals surface area (Å²) in [6, 6.07) is 0. The maximum atomic E-state index is 2.16. The second-order valence-electron chi connectivity index (χ2n) is 11.3. The third kappa shape index (κ3) is 12.0. The van der Waals surface area contributed by atoms with Crippen LogP contribution in [0.15, 0.2) is 50.8 Å². The van der Waals surface area contributed by atoms with Crippen molar-refractivity contribution in [1.82, 2.24) is 0 Å². The predicted molar refractivity (Wildman–Crippen MR) is 258 cm³/mol. The lowest BCUT2D eigenvalue weighted by Gasteiger charge is -2.08. The fourth-order valence-corrected chi connectivity index (χ4v) is 29.5. The van der Waals surface area contributed by atoms with Crippen molar-refractivity contribution >= 4 is 188 Å². The minimum absolute atomic E-state index is 1.26. The van der Waals surface area contributed by atoms with Gasteiger partial charge in [-0.25, -0.2) is 0 Å². The first-order valence-corrected chi connectivity index (χ1v) is 31.1. The van der Waals surface area contributed by atoms with E-state index < -0.39 is 0 Å². The Morgan fingerprint density at radius 1 is 0.167 bits per heavy atom. The Kier molecular flexibility index (Phi) is 18.5. The van der Waals surface area contributed by atoms with Gasteiger partial charge in [0, 0.05) is 0 Å². The Morgan fingerprint density at radius 2 is 0.312 bits per heavy atom. The molecule has 0 N–H and O–H groups in total. The summed E-state index contributed by atoms with van der Waals surface area (Å²) >= 11 is 34.2. The molecule has 0 aliphatic carbocycles. The molecule has 48 heavy (non-hydrogen) atoms. The predicted octanol–water partition coefficient (Wildman–Crippen LogP) is 17.3. The van der Waals surface area contributed by atoms with Crippen molar-refractivity contribution < 1.29 is 0 Å². The minimum atomic E-state index is 1.26. The van der Waals surface area contributed by atoms with Crippen molar-refractivity contribution in [2.45, 2.75) is 77.0 Å². The van der Waals surface area contributed by atoms with Gasteiger partial charge in [0.05, 0.1) is 50.8 Å². The van der Waals surface area contributed by atoms with Crippen molar-refractivity contribution in [2.75, 3.05) is 46.0 Å². The summed E-state index contributed by atoms with van der Waals surface area (Å²) in [5.41, 5.74) is 0. The highest BCUT2D eigenvalue weighted by atomic mass is 32.3. The van der Waals surface area contributed by atoms with E-state index >= 15 is 0 Å². The topological polar surface area (TPSA) is 0 Å². The van der Waals surface area contributed by atoms with Gasteiger partial charge in [0.1, 0.15) is 0 Å². The first kappa shape index (κ1) is 40.2. The van der Waals surface area contributed by atoms with Crippen molar-refractivity contribution in [2.24, 2.45) is 0 Å². The Bertz CT molecular complexity index is 1070. The van der Waals surface area contributed by atoms with Crippen LogP contribution in [0.25, 0.3) is 0 Å². The lowest BCUT2D eigenvalue weighted by molar-refractivity contribution is 0.786. The van der Waals surface area contributed by atoms with Gasteiger partial charge in [-0.2, -0.15) is 0 Å². The zero-order valence-corrected chi connectivity index (χ0v) is 39.7. The van der Waals surface area contributed by atoms with Crippen LogP contribution in [0.3, 0.4) is 0 Å². The second kappa shape index (κ2) is 22.1. The minimum Gasteiger partial charge on any atom is -0.117 e. The Labute approximate surface area is 357 Å². The summed E-state index contributed by atoms with van der Waals surface area (Å²) in [6.07, 6.45) is 16.0. The number of thioether (sulfide) groups is 16. The quantitative estimate of drug-likeness (QED) is 0.226. The van der Waals surface area contributed by atoms with Gasteiger partial charge in [0.2, 0.25) is 0 Å². The van der Waals surface area contributed by atoms with E-state index in [9.17, 15) is 0 Å². The molecule has 0 fully saturated rings. The van der Waals surface area contributed by atoms with Gasteiger partial charge in [-0.3, -0.25) is 0 Å². The molecular formula is C32H40S16. The highest BCUT2D eigenvalue weighted by molar-refractivity contribution is 8.46. The summed E-state index contributed by atoms with van der Waals surface area (Å²) in [4.78, 5) is 0. The zero-order valence-electron chi connectivity index (χ0n) is 26.7. The van der Waals surface area contributed by atoms with Crippen LogP contribution in [0.5, 0.6) is 0 Å². The Hall–Kier alpha value is 4.04. The van der Waals surface area contributed by atoms with E-state index in [0.29, 0.717) is 0 Å². The van der Waals surface area contributed by atoms with E-state index in [1.807, 2.05) is 0 Å². The van der Waals surface area contributed by atoms with Crippen LogP contribution in [0.1, 0.15) is 77.0 Å². The van der Waals surface area contributed by atoms with Crippen LogP contribution in [0.2, 0.25) is 0 Å². The van der Waals surface area contributed by atoms with Gasteiger partial charge in [-0.05, 0) is 97.4 Å². The third-order valence-electron chi connectivity index (χ3n) is 7.50. The fourth-order valence-electron chi connectivity index (χ4n) is 4.97. The molecular weight excluding hydrogens is 897 g/mol. The first-order chi connectivity index (χ1) is 23.8. The zero-order chi connectivity index (χ0) is 32.4. The maximum absolute atomic E-state index is 2.16. The first-order valence-electron chi connectivity index (χ1n) is 16.7. The van der Waals surface area contributed by atoms with Gasteiger partial charge < -0.3 is 0 Å². The number of hydrogen-bond acceptors (Lipinski definition) is 16. The van der Waals surface area contributed by atoms with Gasteiger partial charge in [-0.1, -0.05) is 120 Å². The van der Waals surface area contributed by atoms with E-state index in [0.717, 1.165) is 0 Å². The molecule has 16 heteroatoms. The number of fused-ring (bicyclic) bond motifs is 24. The molecule has 0 aromatic rings. The molecule has 0 spiro atoms. The van der Waals surface area contributed by atoms with Crippen LogP contribution in [0, 0.1) is 0 Å². The largest absolute Gasteiger partial charge is 0.117 e. The molecule has 8 rings (SSSR count). The van der Waals surface area contributed by atoms with Crippen LogP contribution >= 0.6 is 188 Å². The van der Waals surface area contributed by atoms with Crippen LogP contribution in [-0.2, 0) is 0 Å². The molecule has 0 atom stereocenters. The highest BCUT2D eigenvalue weighted by Crippen LogP contribution is 2.68. The van der Waals surface area contributed by atoms with E-state index in [1.165, 1.54) is 123 Å². The molecule has 0 amide bonds. The molecule has 0 aromatic heterocycles. The standard InChI is InChI=1S/C32H40S16/c1-5-13-33-21-23-35-15-7-2-9-17-37-25-27-39-19-11-4-12-20-40-28-26(46-32(48-28)29(41-21)43-23)38-18-10-3-8-16-36-24-22(34-14-6-1)42-30(44-24)31(45-25)47-27/h1-20H2. The average molecular weight is 938 g/mol. The molecule has 12 bridgehead atoms. The van der Waals surface area contributed by atoms with Crippen LogP contribution in [0.4, 0.5) is 0 Å². The lowest BCUT2D eigenvalue weighted by Crippen LogP contribution is -1.87. The average Bonchev–Trinajstić information content (AvgIpc) is 3.87. The molecule has 8 heterocycles. The molecule has 0 radical (unpaired) electrons. The van der Waals surface area contributed by atoms with Gasteiger partial charge in [0.15, 0.2) is 0 Å². The van der Waals surface area contributed by atoms with Crippen molar-refractivity contribution in [3.8, 4) is 0 Å². The summed E-state index contributed by atoms with van der Waals surface area (Å²) in [5.74, 6) is 10.1. The highest BCUT2D eigenvalue weighted by Gasteiger charge is 2.33. The van der Waals surface area contributed by atoms with Crippen LogP contribution < -0.4 is 0 Å². The summed E-state index contributed by atoms with van der Waals surface area (Å²) < 4.78 is 19.1. The van der Waals surface area contributed by atoms with Crippen molar-refractivity contribution in [3.63, 3.8) is 0 Å². The lowest BCUT2D eigenvalue weighted by atomic mass is 10.3. The van der Waals surface area contributed by atoms with E-state index in [4.69, 9.17) is 0 Å². The van der Waals surface area contributed by atoms with Gasteiger partial charge >= 0.3 is 0 Å². The second-order valence-corrected chi connectivity index (χ2v) is 31.4.